The molecule has 0 atom stereocenters. The number of hydrogen-bond donors (Lipinski definition) is 1. The van der Waals surface area contributed by atoms with E-state index in [-0.39, 0.29) is 5.91 Å². The molecule has 1 amide bonds. The zero-order valence-corrected chi connectivity index (χ0v) is 13.0. The molecular formula is C18H15N3O3. The number of pyridine rings is 1. The molecule has 0 saturated carbocycles. The largest absolute Gasteiger partial charge is 0.465 e. The van der Waals surface area contributed by atoms with Crippen LogP contribution in [0.4, 0.5) is 5.69 Å². The molecule has 2 heterocycles. The van der Waals surface area contributed by atoms with Gasteiger partial charge in [0.2, 0.25) is 5.91 Å². The van der Waals surface area contributed by atoms with E-state index in [1.54, 1.807) is 36.5 Å². The van der Waals surface area contributed by atoms with Gasteiger partial charge in [-0.1, -0.05) is 6.07 Å². The third-order valence-electron chi connectivity index (χ3n) is 3.42. The number of imidazole rings is 1. The molecule has 0 fully saturated rings. The summed E-state index contributed by atoms with van der Waals surface area (Å²) in [5.41, 5.74) is 2.64. The molecule has 0 aliphatic heterocycles. The fraction of sp³-hybridized carbons (Fsp3) is 0.0556. The number of nitrogens with zero attached hydrogens (tertiary/aromatic N) is 2. The van der Waals surface area contributed by atoms with Gasteiger partial charge in [0.05, 0.1) is 24.6 Å². The normalized spacial score (nSPS) is 10.9. The lowest BCUT2D eigenvalue weighted by Gasteiger charge is -2.03. The van der Waals surface area contributed by atoms with E-state index in [2.05, 4.69) is 15.0 Å². The molecule has 0 aliphatic carbocycles. The van der Waals surface area contributed by atoms with Crippen LogP contribution in [0, 0.1) is 0 Å². The highest BCUT2D eigenvalue weighted by Crippen LogP contribution is 2.11. The number of nitrogens with one attached hydrogen (secondary N) is 1. The summed E-state index contributed by atoms with van der Waals surface area (Å²) < 4.78 is 6.51. The number of carbonyl (C=O) groups excluding carboxylic acids is 2. The van der Waals surface area contributed by atoms with Crippen LogP contribution in [0.5, 0.6) is 0 Å². The van der Waals surface area contributed by atoms with Crippen molar-refractivity contribution in [2.75, 3.05) is 12.4 Å². The molecule has 1 N–H and O–H groups in total. The fourth-order valence-electron chi connectivity index (χ4n) is 2.23. The van der Waals surface area contributed by atoms with Gasteiger partial charge in [0, 0.05) is 18.0 Å². The monoisotopic (exact) mass is 321 g/mol. The molecule has 6 nitrogen and oxygen atoms in total. The number of amides is 1. The summed E-state index contributed by atoms with van der Waals surface area (Å²) in [7, 11) is 1.32. The van der Waals surface area contributed by atoms with E-state index in [4.69, 9.17) is 0 Å². The lowest BCUT2D eigenvalue weighted by molar-refractivity contribution is -0.111. The van der Waals surface area contributed by atoms with Crippen molar-refractivity contribution in [1.29, 1.82) is 0 Å². The van der Waals surface area contributed by atoms with Crippen molar-refractivity contribution in [3.05, 3.63) is 72.2 Å². The van der Waals surface area contributed by atoms with E-state index in [1.807, 2.05) is 28.8 Å². The Labute approximate surface area is 138 Å². The van der Waals surface area contributed by atoms with E-state index in [1.165, 1.54) is 13.2 Å². The topological polar surface area (TPSA) is 72.7 Å². The highest BCUT2D eigenvalue weighted by molar-refractivity contribution is 6.02. The van der Waals surface area contributed by atoms with Crippen molar-refractivity contribution < 1.29 is 14.3 Å². The van der Waals surface area contributed by atoms with Gasteiger partial charge in [-0.3, -0.25) is 4.79 Å². The van der Waals surface area contributed by atoms with Crippen molar-refractivity contribution in [1.82, 2.24) is 9.38 Å². The van der Waals surface area contributed by atoms with Gasteiger partial charge in [-0.05, 0) is 42.5 Å². The minimum Gasteiger partial charge on any atom is -0.465 e. The second-order valence-corrected chi connectivity index (χ2v) is 5.00. The molecule has 24 heavy (non-hydrogen) atoms. The van der Waals surface area contributed by atoms with Gasteiger partial charge in [-0.2, -0.15) is 0 Å². The number of anilines is 1. The first kappa shape index (κ1) is 15.5. The third kappa shape index (κ3) is 3.33. The molecule has 120 valence electrons. The van der Waals surface area contributed by atoms with E-state index in [0.29, 0.717) is 11.3 Å². The predicted octanol–water partition coefficient (Wildman–Crippen LogP) is 2.77. The van der Waals surface area contributed by atoms with Crippen LogP contribution < -0.4 is 5.32 Å². The lowest BCUT2D eigenvalue weighted by atomic mass is 10.2. The average Bonchev–Trinajstić information content (AvgIpc) is 3.03. The molecule has 2 aromatic heterocycles. The zero-order chi connectivity index (χ0) is 16.9. The summed E-state index contributed by atoms with van der Waals surface area (Å²) in [5, 5.41) is 2.73. The van der Waals surface area contributed by atoms with Gasteiger partial charge in [0.25, 0.3) is 0 Å². The first-order valence-corrected chi connectivity index (χ1v) is 7.27. The molecule has 1 aromatic carbocycles. The first-order chi connectivity index (χ1) is 11.7. The Bertz CT molecular complexity index is 911. The lowest BCUT2D eigenvalue weighted by Crippen LogP contribution is -2.08. The number of benzene rings is 1. The Morgan fingerprint density at radius 3 is 2.71 bits per heavy atom. The van der Waals surface area contributed by atoms with E-state index in [9.17, 15) is 9.59 Å². The molecule has 0 aliphatic rings. The summed E-state index contributed by atoms with van der Waals surface area (Å²) in [6, 6.07) is 12.2. The van der Waals surface area contributed by atoms with Crippen molar-refractivity contribution in [3.8, 4) is 0 Å². The van der Waals surface area contributed by atoms with Crippen LogP contribution in [-0.4, -0.2) is 28.4 Å². The number of carbonyl (C=O) groups is 2. The zero-order valence-electron chi connectivity index (χ0n) is 13.0. The number of ether oxygens (including phenoxy) is 1. The average molecular weight is 321 g/mol. The number of esters is 1. The van der Waals surface area contributed by atoms with Crippen molar-refractivity contribution >= 4 is 29.3 Å². The Morgan fingerprint density at radius 2 is 1.96 bits per heavy atom. The second-order valence-electron chi connectivity index (χ2n) is 5.00. The van der Waals surface area contributed by atoms with Crippen LogP contribution in [0.2, 0.25) is 0 Å². The van der Waals surface area contributed by atoms with Crippen LogP contribution in [-0.2, 0) is 9.53 Å². The Morgan fingerprint density at radius 1 is 1.17 bits per heavy atom. The van der Waals surface area contributed by atoms with Crippen LogP contribution >= 0.6 is 0 Å². The maximum absolute atomic E-state index is 12.0. The summed E-state index contributed by atoms with van der Waals surface area (Å²) in [4.78, 5) is 27.6. The summed E-state index contributed by atoms with van der Waals surface area (Å²) in [6.07, 6.45) is 6.71. The molecule has 0 bridgehead atoms. The molecule has 0 radical (unpaired) electrons. The minimum atomic E-state index is -0.416. The highest BCUT2D eigenvalue weighted by Gasteiger charge is 2.05. The van der Waals surface area contributed by atoms with Crippen LogP contribution in [0.15, 0.2) is 60.9 Å². The Kier molecular flexibility index (Phi) is 4.38. The van der Waals surface area contributed by atoms with E-state index >= 15 is 0 Å². The van der Waals surface area contributed by atoms with Gasteiger partial charge in [-0.25, -0.2) is 9.78 Å². The molecule has 0 unspecified atom stereocenters. The third-order valence-corrected chi connectivity index (χ3v) is 3.42. The van der Waals surface area contributed by atoms with Gasteiger partial charge >= 0.3 is 5.97 Å². The molecule has 0 saturated heterocycles. The van der Waals surface area contributed by atoms with Crippen LogP contribution in [0.3, 0.4) is 0 Å². The molecule has 6 heteroatoms. The van der Waals surface area contributed by atoms with Crippen molar-refractivity contribution in [3.63, 3.8) is 0 Å². The fourth-order valence-corrected chi connectivity index (χ4v) is 2.23. The highest BCUT2D eigenvalue weighted by atomic mass is 16.5. The molecule has 3 rings (SSSR count). The second kappa shape index (κ2) is 6.78. The van der Waals surface area contributed by atoms with Crippen LogP contribution in [0.25, 0.3) is 11.7 Å². The molecule has 0 spiro atoms. The summed E-state index contributed by atoms with van der Waals surface area (Å²) in [5.74, 6) is -0.688. The molecule has 3 aromatic rings. The SMILES string of the molecule is COC(=O)c1ccc(NC(=O)/C=C/c2cnc3ccccn23)cc1. The number of methoxy groups -OCH3 is 1. The summed E-state index contributed by atoms with van der Waals surface area (Å²) >= 11 is 0. The quantitative estimate of drug-likeness (QED) is 0.592. The number of rotatable bonds is 4. The van der Waals surface area contributed by atoms with Crippen molar-refractivity contribution in [2.24, 2.45) is 0 Å². The van der Waals surface area contributed by atoms with Gasteiger partial charge in [0.15, 0.2) is 0 Å². The smallest absolute Gasteiger partial charge is 0.337 e. The Hall–Kier alpha value is -3.41. The Balaban J connectivity index is 1.68. The van der Waals surface area contributed by atoms with Crippen molar-refractivity contribution in [2.45, 2.75) is 0 Å². The number of hydrogen-bond acceptors (Lipinski definition) is 4. The minimum absolute atomic E-state index is 0.272. The van der Waals surface area contributed by atoms with E-state index < -0.39 is 5.97 Å². The van der Waals surface area contributed by atoms with Gasteiger partial charge in [-0.15, -0.1) is 0 Å². The number of fused-ring (bicyclic) bond motifs is 1. The first-order valence-electron chi connectivity index (χ1n) is 7.27. The predicted molar refractivity (Wildman–Crippen MR) is 90.6 cm³/mol. The van der Waals surface area contributed by atoms with Crippen LogP contribution in [0.1, 0.15) is 16.1 Å². The van der Waals surface area contributed by atoms with Gasteiger partial charge < -0.3 is 14.5 Å². The number of aromatic nitrogens is 2. The maximum Gasteiger partial charge on any atom is 0.337 e. The molecular weight excluding hydrogens is 306 g/mol. The summed E-state index contributed by atoms with van der Waals surface area (Å²) in [6.45, 7) is 0. The maximum atomic E-state index is 12.0. The van der Waals surface area contributed by atoms with Gasteiger partial charge in [0.1, 0.15) is 5.65 Å². The van der Waals surface area contributed by atoms with E-state index in [0.717, 1.165) is 11.3 Å². The standard InChI is InChI=1S/C18H15N3O3/c1-24-18(23)13-5-7-14(8-6-13)20-17(22)10-9-15-12-19-16-4-2-3-11-21(15)16/h2-12H,1H3,(H,20,22)/b10-9+.